The second kappa shape index (κ2) is 5.81. The number of fused-ring (bicyclic) bond motifs is 1. The zero-order valence-electron chi connectivity index (χ0n) is 13.7. The number of aromatic nitrogens is 1. The summed E-state index contributed by atoms with van der Waals surface area (Å²) >= 11 is 0. The van der Waals surface area contributed by atoms with Crippen LogP contribution >= 0.6 is 0 Å². The molecule has 2 aromatic rings. The molecule has 0 radical (unpaired) electrons. The Bertz CT molecular complexity index is 719. The van der Waals surface area contributed by atoms with Crippen LogP contribution in [0.15, 0.2) is 28.9 Å². The van der Waals surface area contributed by atoms with Crippen molar-refractivity contribution in [3.63, 3.8) is 0 Å². The third-order valence-electron chi connectivity index (χ3n) is 4.37. The van der Waals surface area contributed by atoms with E-state index >= 15 is 0 Å². The number of rotatable bonds is 3. The number of nitrogens with zero attached hydrogens (tertiary/aromatic N) is 1. The predicted octanol–water partition coefficient (Wildman–Crippen LogP) is 2.92. The van der Waals surface area contributed by atoms with Gasteiger partial charge in [-0.1, -0.05) is 19.9 Å². The molecule has 0 saturated carbocycles. The third-order valence-corrected chi connectivity index (χ3v) is 4.37. The van der Waals surface area contributed by atoms with Gasteiger partial charge >= 0.3 is 0 Å². The Hall–Kier alpha value is -2.14. The first-order valence-electron chi connectivity index (χ1n) is 7.85. The molecule has 0 fully saturated rings. The number of carbonyl (C=O) groups is 1. The highest BCUT2D eigenvalue weighted by atomic mass is 16.4. The van der Waals surface area contributed by atoms with Gasteiger partial charge in [-0.25, -0.2) is 0 Å². The summed E-state index contributed by atoms with van der Waals surface area (Å²) in [5.41, 5.74) is 2.43. The van der Waals surface area contributed by atoms with Crippen molar-refractivity contribution in [1.82, 2.24) is 10.3 Å². The van der Waals surface area contributed by atoms with E-state index in [0.29, 0.717) is 18.7 Å². The van der Waals surface area contributed by atoms with E-state index in [1.807, 2.05) is 19.1 Å². The van der Waals surface area contributed by atoms with Crippen molar-refractivity contribution in [3.8, 4) is 0 Å². The van der Waals surface area contributed by atoms with Crippen LogP contribution in [0.5, 0.6) is 0 Å². The van der Waals surface area contributed by atoms with E-state index in [4.69, 9.17) is 4.42 Å². The highest BCUT2D eigenvalue weighted by molar-refractivity contribution is 5.93. The topological polar surface area (TPSA) is 75.4 Å². The van der Waals surface area contributed by atoms with E-state index in [-0.39, 0.29) is 11.3 Å². The van der Waals surface area contributed by atoms with Crippen molar-refractivity contribution in [1.29, 1.82) is 0 Å². The summed E-state index contributed by atoms with van der Waals surface area (Å²) in [6, 6.07) is 3.73. The van der Waals surface area contributed by atoms with Gasteiger partial charge in [0, 0.05) is 36.5 Å². The van der Waals surface area contributed by atoms with Gasteiger partial charge in [-0.2, -0.15) is 0 Å². The van der Waals surface area contributed by atoms with Gasteiger partial charge in [0.25, 0.3) is 5.91 Å². The monoisotopic (exact) mass is 314 g/mol. The fraction of sp³-hybridized carbons (Fsp3) is 0.444. The maximum absolute atomic E-state index is 12.4. The van der Waals surface area contributed by atoms with Crippen LogP contribution in [0, 0.1) is 12.3 Å². The fourth-order valence-electron chi connectivity index (χ4n) is 3.27. The van der Waals surface area contributed by atoms with Crippen molar-refractivity contribution < 1.29 is 14.3 Å². The molecule has 1 amide bonds. The molecule has 5 nitrogen and oxygen atoms in total. The molecule has 2 heterocycles. The molecule has 1 aliphatic carbocycles. The predicted molar refractivity (Wildman–Crippen MR) is 85.9 cm³/mol. The molecule has 0 aliphatic heterocycles. The summed E-state index contributed by atoms with van der Waals surface area (Å²) in [6.45, 7) is 6.42. The van der Waals surface area contributed by atoms with Gasteiger partial charge in [0.05, 0.1) is 6.10 Å². The van der Waals surface area contributed by atoms with Crippen molar-refractivity contribution >= 4 is 5.91 Å². The normalized spacial score (nSPS) is 19.2. The summed E-state index contributed by atoms with van der Waals surface area (Å²) in [7, 11) is 0. The van der Waals surface area contributed by atoms with E-state index in [1.54, 1.807) is 12.4 Å². The van der Waals surface area contributed by atoms with Crippen molar-refractivity contribution in [2.45, 2.75) is 46.3 Å². The molecule has 0 spiro atoms. The number of pyridine rings is 1. The van der Waals surface area contributed by atoms with Gasteiger partial charge in [-0.3, -0.25) is 9.78 Å². The minimum absolute atomic E-state index is 0.0276. The van der Waals surface area contributed by atoms with Crippen LogP contribution in [0.3, 0.4) is 0 Å². The largest absolute Gasteiger partial charge is 0.455 e. The molecular weight excluding hydrogens is 292 g/mol. The number of aliphatic hydroxyl groups excluding tert-OH is 1. The molecule has 1 aliphatic rings. The molecule has 23 heavy (non-hydrogen) atoms. The second-order valence-corrected chi connectivity index (χ2v) is 7.00. The third kappa shape index (κ3) is 3.15. The average Bonchev–Trinajstić information content (AvgIpc) is 2.81. The van der Waals surface area contributed by atoms with Crippen LogP contribution in [0.25, 0.3) is 0 Å². The number of furan rings is 1. The zero-order valence-corrected chi connectivity index (χ0v) is 13.7. The summed E-state index contributed by atoms with van der Waals surface area (Å²) in [5.74, 6) is 0.777. The van der Waals surface area contributed by atoms with E-state index in [1.165, 1.54) is 0 Å². The number of amides is 1. The Kier molecular flexibility index (Phi) is 3.98. The SMILES string of the molecule is Cc1c(C(=O)NCc2cccnc2)oc2c1C(O)CC(C)(C)C2. The highest BCUT2D eigenvalue weighted by Gasteiger charge is 2.37. The van der Waals surface area contributed by atoms with Crippen LogP contribution < -0.4 is 5.32 Å². The van der Waals surface area contributed by atoms with Crippen molar-refractivity contribution in [2.75, 3.05) is 0 Å². The average molecular weight is 314 g/mol. The summed E-state index contributed by atoms with van der Waals surface area (Å²) < 4.78 is 5.81. The lowest BCUT2D eigenvalue weighted by Gasteiger charge is -2.31. The van der Waals surface area contributed by atoms with E-state index in [9.17, 15) is 9.90 Å². The molecule has 3 rings (SSSR count). The first-order chi connectivity index (χ1) is 10.9. The number of aliphatic hydroxyl groups is 1. The van der Waals surface area contributed by atoms with E-state index in [2.05, 4.69) is 24.1 Å². The quantitative estimate of drug-likeness (QED) is 0.913. The molecule has 0 aromatic carbocycles. The molecule has 0 saturated heterocycles. The maximum Gasteiger partial charge on any atom is 0.287 e. The van der Waals surface area contributed by atoms with Gasteiger partial charge < -0.3 is 14.8 Å². The molecule has 2 N–H and O–H groups in total. The lowest BCUT2D eigenvalue weighted by Crippen LogP contribution is -2.25. The van der Waals surface area contributed by atoms with Gasteiger partial charge in [0.2, 0.25) is 0 Å². The minimum Gasteiger partial charge on any atom is -0.455 e. The molecule has 122 valence electrons. The van der Waals surface area contributed by atoms with Crippen LogP contribution in [0.1, 0.15) is 59.4 Å². The van der Waals surface area contributed by atoms with Crippen LogP contribution in [0.4, 0.5) is 0 Å². The Morgan fingerprint density at radius 1 is 1.52 bits per heavy atom. The number of hydrogen-bond donors (Lipinski definition) is 2. The zero-order chi connectivity index (χ0) is 16.6. The molecule has 0 bridgehead atoms. The molecule has 2 aromatic heterocycles. The number of nitrogens with one attached hydrogen (secondary N) is 1. The lowest BCUT2D eigenvalue weighted by molar-refractivity contribution is 0.0883. The van der Waals surface area contributed by atoms with Crippen LogP contribution in [-0.2, 0) is 13.0 Å². The Morgan fingerprint density at radius 2 is 2.30 bits per heavy atom. The Morgan fingerprint density at radius 3 is 3.00 bits per heavy atom. The fourth-order valence-corrected chi connectivity index (χ4v) is 3.27. The van der Waals surface area contributed by atoms with E-state index in [0.717, 1.165) is 28.9 Å². The number of carbonyl (C=O) groups excluding carboxylic acids is 1. The summed E-state index contributed by atoms with van der Waals surface area (Å²) in [5, 5.41) is 13.2. The van der Waals surface area contributed by atoms with Gasteiger partial charge in [0.1, 0.15) is 5.76 Å². The number of hydrogen-bond acceptors (Lipinski definition) is 4. The maximum atomic E-state index is 12.4. The molecule has 1 atom stereocenters. The van der Waals surface area contributed by atoms with Gasteiger partial charge in [-0.15, -0.1) is 0 Å². The Labute approximate surface area is 135 Å². The van der Waals surface area contributed by atoms with Crippen LogP contribution in [-0.4, -0.2) is 16.0 Å². The van der Waals surface area contributed by atoms with Gasteiger partial charge in [0.15, 0.2) is 5.76 Å². The first kappa shape index (κ1) is 15.7. The summed E-state index contributed by atoms with van der Waals surface area (Å²) in [6.07, 6.45) is 4.25. The van der Waals surface area contributed by atoms with Crippen molar-refractivity contribution in [3.05, 3.63) is 52.7 Å². The van der Waals surface area contributed by atoms with Gasteiger partial charge in [-0.05, 0) is 30.4 Å². The molecule has 5 heteroatoms. The van der Waals surface area contributed by atoms with Crippen LogP contribution in [0.2, 0.25) is 0 Å². The van der Waals surface area contributed by atoms with Crippen molar-refractivity contribution in [2.24, 2.45) is 5.41 Å². The second-order valence-electron chi connectivity index (χ2n) is 7.00. The first-order valence-corrected chi connectivity index (χ1v) is 7.85. The summed E-state index contributed by atoms with van der Waals surface area (Å²) in [4.78, 5) is 16.4. The molecular formula is C18H22N2O3. The lowest BCUT2D eigenvalue weighted by atomic mass is 9.75. The smallest absolute Gasteiger partial charge is 0.287 e. The Balaban J connectivity index is 1.80. The van der Waals surface area contributed by atoms with E-state index < -0.39 is 6.10 Å². The minimum atomic E-state index is -0.572. The standard InChI is InChI=1S/C18H22N2O3/c1-11-15-13(21)7-18(2,3)8-14(15)23-16(11)17(22)20-10-12-5-4-6-19-9-12/h4-6,9,13,21H,7-8,10H2,1-3H3,(H,20,22). The highest BCUT2D eigenvalue weighted by Crippen LogP contribution is 2.43. The molecule has 1 unspecified atom stereocenters.